The molecule has 3 amide bonds. The number of unbranched alkanes of at least 4 members (excludes halogenated alkanes) is 3. The van der Waals surface area contributed by atoms with E-state index in [0.29, 0.717) is 25.9 Å². The first kappa shape index (κ1) is 26.4. The smallest absolute Gasteiger partial charge is 0.245 e. The summed E-state index contributed by atoms with van der Waals surface area (Å²) in [5, 5.41) is 2.98. The van der Waals surface area contributed by atoms with E-state index in [2.05, 4.69) is 10.8 Å². The Morgan fingerprint density at radius 2 is 1.34 bits per heavy atom. The fourth-order valence-electron chi connectivity index (χ4n) is 4.22. The lowest BCUT2D eigenvalue weighted by Crippen LogP contribution is -2.48. The van der Waals surface area contributed by atoms with Crippen LogP contribution >= 0.6 is 0 Å². The maximum absolute atomic E-state index is 13.0. The number of nitrogens with one attached hydrogen (secondary N) is 2. The molecule has 1 aliphatic heterocycles. The summed E-state index contributed by atoms with van der Waals surface area (Å²) in [4.78, 5) is 44.5. The molecule has 35 heavy (non-hydrogen) atoms. The van der Waals surface area contributed by atoms with Crippen molar-refractivity contribution in [2.24, 2.45) is 0 Å². The van der Waals surface area contributed by atoms with Crippen LogP contribution in [0.2, 0.25) is 0 Å². The molecule has 0 saturated carbocycles. The summed E-state index contributed by atoms with van der Waals surface area (Å²) >= 11 is 0. The minimum absolute atomic E-state index is 0.0141. The van der Waals surface area contributed by atoms with E-state index < -0.39 is 6.04 Å². The SMILES string of the molecule is O=C(CCCCCCC(=O)N[C@@H](Cc1ccccc1)C(=O)N1CCCC1)NOCc1ccccc1. The molecule has 2 aromatic rings. The summed E-state index contributed by atoms with van der Waals surface area (Å²) in [7, 11) is 0. The molecule has 1 atom stereocenters. The van der Waals surface area contributed by atoms with Crippen molar-refractivity contribution in [2.75, 3.05) is 13.1 Å². The Morgan fingerprint density at radius 3 is 1.97 bits per heavy atom. The van der Waals surface area contributed by atoms with E-state index in [1.807, 2.05) is 65.6 Å². The lowest BCUT2D eigenvalue weighted by atomic mass is 10.0. The first-order valence-electron chi connectivity index (χ1n) is 12.7. The van der Waals surface area contributed by atoms with Crippen LogP contribution in [-0.2, 0) is 32.2 Å². The summed E-state index contributed by atoms with van der Waals surface area (Å²) in [6.45, 7) is 1.88. The van der Waals surface area contributed by atoms with Crippen molar-refractivity contribution >= 4 is 17.7 Å². The van der Waals surface area contributed by atoms with E-state index in [9.17, 15) is 14.4 Å². The number of benzene rings is 2. The van der Waals surface area contributed by atoms with Gasteiger partial charge in [0.25, 0.3) is 0 Å². The monoisotopic (exact) mass is 479 g/mol. The van der Waals surface area contributed by atoms with Crippen LogP contribution in [0.5, 0.6) is 0 Å². The summed E-state index contributed by atoms with van der Waals surface area (Å²) in [6.07, 6.45) is 6.51. The molecule has 7 heteroatoms. The average molecular weight is 480 g/mol. The Bertz CT molecular complexity index is 914. The van der Waals surface area contributed by atoms with Crippen LogP contribution in [0.1, 0.15) is 62.5 Å². The molecule has 1 aliphatic rings. The van der Waals surface area contributed by atoms with E-state index in [1.165, 1.54) is 0 Å². The van der Waals surface area contributed by atoms with Crippen molar-refractivity contribution in [3.8, 4) is 0 Å². The minimum Gasteiger partial charge on any atom is -0.344 e. The number of carbonyl (C=O) groups is 3. The van der Waals surface area contributed by atoms with Gasteiger partial charge in [0.1, 0.15) is 6.04 Å². The van der Waals surface area contributed by atoms with Crippen molar-refractivity contribution in [3.05, 3.63) is 71.8 Å². The number of hydroxylamine groups is 1. The third kappa shape index (κ3) is 9.91. The van der Waals surface area contributed by atoms with E-state index >= 15 is 0 Å². The minimum atomic E-state index is -0.525. The van der Waals surface area contributed by atoms with Gasteiger partial charge in [-0.25, -0.2) is 5.48 Å². The molecule has 2 N–H and O–H groups in total. The highest BCUT2D eigenvalue weighted by molar-refractivity contribution is 5.88. The van der Waals surface area contributed by atoms with Gasteiger partial charge in [0.15, 0.2) is 0 Å². The largest absolute Gasteiger partial charge is 0.344 e. The Morgan fingerprint density at radius 1 is 0.771 bits per heavy atom. The summed E-state index contributed by atoms with van der Waals surface area (Å²) in [5.74, 6) is -0.214. The van der Waals surface area contributed by atoms with Gasteiger partial charge in [0.2, 0.25) is 17.7 Å². The van der Waals surface area contributed by atoms with Crippen molar-refractivity contribution in [1.82, 2.24) is 15.7 Å². The quantitative estimate of drug-likeness (QED) is 0.318. The van der Waals surface area contributed by atoms with E-state index in [-0.39, 0.29) is 17.7 Å². The molecule has 7 nitrogen and oxygen atoms in total. The molecule has 0 unspecified atom stereocenters. The van der Waals surface area contributed by atoms with Crippen LogP contribution in [0.25, 0.3) is 0 Å². The zero-order valence-corrected chi connectivity index (χ0v) is 20.4. The highest BCUT2D eigenvalue weighted by atomic mass is 16.6. The van der Waals surface area contributed by atoms with Crippen LogP contribution in [0, 0.1) is 0 Å². The van der Waals surface area contributed by atoms with Gasteiger partial charge in [-0.05, 0) is 36.8 Å². The van der Waals surface area contributed by atoms with Gasteiger partial charge in [-0.3, -0.25) is 19.2 Å². The molecular weight excluding hydrogens is 442 g/mol. The predicted octanol–water partition coefficient (Wildman–Crippen LogP) is 3.92. The fourth-order valence-corrected chi connectivity index (χ4v) is 4.22. The number of likely N-dealkylation sites (tertiary alicyclic amines) is 1. The van der Waals surface area contributed by atoms with Gasteiger partial charge in [0, 0.05) is 32.4 Å². The van der Waals surface area contributed by atoms with Crippen LogP contribution < -0.4 is 10.8 Å². The molecule has 0 bridgehead atoms. The molecule has 0 radical (unpaired) electrons. The molecule has 1 heterocycles. The summed E-state index contributed by atoms with van der Waals surface area (Å²) in [6, 6.07) is 19.0. The Hall–Kier alpha value is -3.19. The second-order valence-corrected chi connectivity index (χ2v) is 9.06. The number of hydrogen-bond acceptors (Lipinski definition) is 4. The molecule has 188 valence electrons. The maximum Gasteiger partial charge on any atom is 0.245 e. The number of hydrogen-bond donors (Lipinski definition) is 2. The van der Waals surface area contributed by atoms with Gasteiger partial charge in [-0.2, -0.15) is 0 Å². The molecule has 2 aromatic carbocycles. The molecule has 3 rings (SSSR count). The van der Waals surface area contributed by atoms with E-state index in [4.69, 9.17) is 4.84 Å². The lowest BCUT2D eigenvalue weighted by Gasteiger charge is -2.24. The number of carbonyl (C=O) groups excluding carboxylic acids is 3. The second-order valence-electron chi connectivity index (χ2n) is 9.06. The zero-order chi connectivity index (χ0) is 24.7. The first-order chi connectivity index (χ1) is 17.1. The zero-order valence-electron chi connectivity index (χ0n) is 20.4. The van der Waals surface area contributed by atoms with Gasteiger partial charge < -0.3 is 10.2 Å². The van der Waals surface area contributed by atoms with Crippen molar-refractivity contribution in [2.45, 2.75) is 70.4 Å². The molecule has 0 aromatic heterocycles. The van der Waals surface area contributed by atoms with Crippen molar-refractivity contribution in [3.63, 3.8) is 0 Å². The fraction of sp³-hybridized carbons (Fsp3) is 0.464. The Labute approximate surface area is 208 Å². The van der Waals surface area contributed by atoms with Gasteiger partial charge in [0.05, 0.1) is 6.61 Å². The maximum atomic E-state index is 13.0. The number of rotatable bonds is 14. The third-order valence-electron chi connectivity index (χ3n) is 6.16. The molecule has 1 saturated heterocycles. The van der Waals surface area contributed by atoms with Gasteiger partial charge in [-0.15, -0.1) is 0 Å². The topological polar surface area (TPSA) is 87.7 Å². The van der Waals surface area contributed by atoms with E-state index in [1.54, 1.807) is 0 Å². The third-order valence-corrected chi connectivity index (χ3v) is 6.16. The normalized spacial score (nSPS) is 13.9. The van der Waals surface area contributed by atoms with Crippen LogP contribution in [-0.4, -0.2) is 41.8 Å². The van der Waals surface area contributed by atoms with Crippen molar-refractivity contribution in [1.29, 1.82) is 0 Å². The number of nitrogens with zero attached hydrogens (tertiary/aromatic N) is 1. The van der Waals surface area contributed by atoms with Crippen molar-refractivity contribution < 1.29 is 19.2 Å². The Kier molecular flexibility index (Phi) is 11.3. The Balaban J connectivity index is 1.30. The average Bonchev–Trinajstić information content (AvgIpc) is 3.42. The van der Waals surface area contributed by atoms with Crippen LogP contribution in [0.15, 0.2) is 60.7 Å². The second kappa shape index (κ2) is 14.9. The highest BCUT2D eigenvalue weighted by Crippen LogP contribution is 2.13. The lowest BCUT2D eigenvalue weighted by molar-refractivity contribution is -0.135. The molecular formula is C28H37N3O4. The first-order valence-corrected chi connectivity index (χ1v) is 12.7. The van der Waals surface area contributed by atoms with Crippen LogP contribution in [0.3, 0.4) is 0 Å². The standard InChI is InChI=1S/C28H37N3O4/c32-26(17-9-1-2-10-18-27(33)30-35-22-24-15-7-4-8-16-24)29-25(21-23-13-5-3-6-14-23)28(34)31-19-11-12-20-31/h3-8,13-16,25H,1-2,9-12,17-22H2,(H,29,32)(H,30,33)/t25-/m0/s1. The highest BCUT2D eigenvalue weighted by Gasteiger charge is 2.27. The molecule has 0 aliphatic carbocycles. The molecule has 0 spiro atoms. The summed E-state index contributed by atoms with van der Waals surface area (Å²) < 4.78 is 0. The summed E-state index contributed by atoms with van der Waals surface area (Å²) in [5.41, 5.74) is 4.51. The van der Waals surface area contributed by atoms with Gasteiger partial charge in [-0.1, -0.05) is 73.5 Å². The van der Waals surface area contributed by atoms with Crippen LogP contribution in [0.4, 0.5) is 0 Å². The van der Waals surface area contributed by atoms with Gasteiger partial charge >= 0.3 is 0 Å². The molecule has 1 fully saturated rings. The predicted molar refractivity (Wildman–Crippen MR) is 135 cm³/mol. The number of amides is 3. The van der Waals surface area contributed by atoms with E-state index in [0.717, 1.165) is 62.7 Å².